The van der Waals surface area contributed by atoms with E-state index in [0.29, 0.717) is 12.1 Å². The molecule has 0 aromatic heterocycles. The van der Waals surface area contributed by atoms with Crippen molar-refractivity contribution in [1.29, 1.82) is 0 Å². The van der Waals surface area contributed by atoms with Gasteiger partial charge in [0.05, 0.1) is 0 Å². The highest BCUT2D eigenvalue weighted by Crippen LogP contribution is 2.37. The summed E-state index contributed by atoms with van der Waals surface area (Å²) in [6, 6.07) is 0.237. The fraction of sp³-hybridized carbons (Fsp3) is 0.800. The van der Waals surface area contributed by atoms with Crippen molar-refractivity contribution in [2.75, 3.05) is 7.05 Å². The van der Waals surface area contributed by atoms with Gasteiger partial charge in [0.2, 0.25) is 11.8 Å². The van der Waals surface area contributed by atoms with Crippen molar-refractivity contribution in [3.05, 3.63) is 0 Å². The molecule has 0 aliphatic carbocycles. The molecule has 3 saturated heterocycles. The molecule has 6 heteroatoms. The monoisotopic (exact) mass is 293 g/mol. The Kier molecular flexibility index (Phi) is 3.31. The van der Waals surface area contributed by atoms with E-state index in [4.69, 9.17) is 0 Å². The Bertz CT molecular complexity index is 488. The lowest BCUT2D eigenvalue weighted by molar-refractivity contribution is -0.152. The second-order valence-corrected chi connectivity index (χ2v) is 7.09. The molecule has 3 rings (SSSR count). The quantitative estimate of drug-likeness (QED) is 0.735. The molecule has 0 spiro atoms. The summed E-state index contributed by atoms with van der Waals surface area (Å²) in [5.41, 5.74) is -1.16. The number of barbiturate groups is 1. The zero-order valence-electron chi connectivity index (χ0n) is 12.9. The minimum atomic E-state index is -1.16. The number of hydrogen-bond donors (Lipinski definition) is 1. The predicted molar refractivity (Wildman–Crippen MR) is 76.4 cm³/mol. The number of imide groups is 2. The maximum atomic E-state index is 12.6. The highest BCUT2D eigenvalue weighted by molar-refractivity contribution is 6.18. The fourth-order valence-electron chi connectivity index (χ4n) is 3.93. The molecular weight excluding hydrogens is 270 g/mol. The van der Waals surface area contributed by atoms with Gasteiger partial charge in [0.15, 0.2) is 0 Å². The van der Waals surface area contributed by atoms with Crippen LogP contribution >= 0.6 is 0 Å². The molecule has 0 aromatic rings. The molecule has 2 atom stereocenters. The van der Waals surface area contributed by atoms with Crippen LogP contribution in [0.1, 0.15) is 46.0 Å². The number of carbonyl (C=O) groups excluding carboxylic acids is 3. The van der Waals surface area contributed by atoms with E-state index in [9.17, 15) is 14.4 Å². The third-order valence-corrected chi connectivity index (χ3v) is 5.44. The average Bonchev–Trinajstić information content (AvgIpc) is 2.38. The summed E-state index contributed by atoms with van der Waals surface area (Å²) in [7, 11) is 2.14. The Labute approximate surface area is 124 Å². The van der Waals surface area contributed by atoms with E-state index in [2.05, 4.69) is 17.3 Å². The first-order valence-electron chi connectivity index (χ1n) is 7.73. The van der Waals surface area contributed by atoms with E-state index in [1.165, 1.54) is 11.3 Å². The molecule has 1 N–H and O–H groups in total. The molecule has 0 saturated carbocycles. The van der Waals surface area contributed by atoms with Crippen molar-refractivity contribution in [2.24, 2.45) is 5.41 Å². The average molecular weight is 293 g/mol. The fourth-order valence-corrected chi connectivity index (χ4v) is 3.93. The number of nitrogens with zero attached hydrogens (tertiary/aromatic N) is 2. The maximum absolute atomic E-state index is 12.6. The first kappa shape index (κ1) is 14.5. The van der Waals surface area contributed by atoms with Crippen molar-refractivity contribution < 1.29 is 14.4 Å². The van der Waals surface area contributed by atoms with Crippen molar-refractivity contribution >= 4 is 17.8 Å². The molecule has 2 bridgehead atoms. The minimum absolute atomic E-state index is 0.0867. The molecule has 3 aliphatic heterocycles. The maximum Gasteiger partial charge on any atom is 0.331 e. The lowest BCUT2D eigenvalue weighted by Crippen LogP contribution is -2.67. The molecule has 2 unspecified atom stereocenters. The van der Waals surface area contributed by atoms with Crippen LogP contribution in [0.15, 0.2) is 0 Å². The van der Waals surface area contributed by atoms with Crippen molar-refractivity contribution in [2.45, 2.75) is 64.1 Å². The van der Waals surface area contributed by atoms with E-state index in [-0.39, 0.29) is 11.9 Å². The largest absolute Gasteiger partial charge is 0.331 e. The summed E-state index contributed by atoms with van der Waals surface area (Å²) >= 11 is 0. The standard InChI is InChI=1S/C15H23N3O3/c1-15(2)12(19)16-14(21)18(13(15)20)11-7-9-5-4-6-10(8-11)17(9)3/h9-11H,4-8H2,1-3H3,(H,16,19,21). The number of nitrogens with one attached hydrogen (secondary N) is 1. The number of piperidine rings is 2. The molecular formula is C15H23N3O3. The summed E-state index contributed by atoms with van der Waals surface area (Å²) in [5.74, 6) is -0.856. The molecule has 116 valence electrons. The van der Waals surface area contributed by atoms with Gasteiger partial charge in [-0.25, -0.2) is 4.79 Å². The van der Waals surface area contributed by atoms with Gasteiger partial charge in [-0.3, -0.25) is 19.8 Å². The number of rotatable bonds is 1. The number of urea groups is 1. The van der Waals surface area contributed by atoms with Crippen LogP contribution in [0.2, 0.25) is 0 Å². The number of carbonyl (C=O) groups is 3. The summed E-state index contributed by atoms with van der Waals surface area (Å²) in [5, 5.41) is 2.34. The predicted octanol–water partition coefficient (Wildman–Crippen LogP) is 1.11. The molecule has 4 amide bonds. The van der Waals surface area contributed by atoms with Gasteiger partial charge in [-0.2, -0.15) is 0 Å². The van der Waals surface area contributed by atoms with E-state index in [1.807, 2.05) is 0 Å². The van der Waals surface area contributed by atoms with Gasteiger partial charge < -0.3 is 4.90 Å². The summed E-state index contributed by atoms with van der Waals surface area (Å²) in [4.78, 5) is 40.3. The lowest BCUT2D eigenvalue weighted by Gasteiger charge is -2.50. The second kappa shape index (κ2) is 4.80. The van der Waals surface area contributed by atoms with E-state index < -0.39 is 17.4 Å². The highest BCUT2D eigenvalue weighted by atomic mass is 16.2. The zero-order valence-corrected chi connectivity index (χ0v) is 12.9. The molecule has 0 radical (unpaired) electrons. The third-order valence-electron chi connectivity index (χ3n) is 5.44. The Hall–Kier alpha value is -1.43. The zero-order chi connectivity index (χ0) is 15.4. The molecule has 3 aliphatic rings. The first-order chi connectivity index (χ1) is 9.82. The summed E-state index contributed by atoms with van der Waals surface area (Å²) < 4.78 is 0. The van der Waals surface area contributed by atoms with Gasteiger partial charge >= 0.3 is 6.03 Å². The van der Waals surface area contributed by atoms with Crippen LogP contribution in [0.4, 0.5) is 4.79 Å². The second-order valence-electron chi connectivity index (χ2n) is 7.09. The Morgan fingerprint density at radius 3 is 2.19 bits per heavy atom. The van der Waals surface area contributed by atoms with Crippen molar-refractivity contribution in [3.8, 4) is 0 Å². The number of hydrogen-bond acceptors (Lipinski definition) is 4. The Morgan fingerprint density at radius 2 is 1.62 bits per heavy atom. The molecule has 0 aromatic carbocycles. The molecule has 3 heterocycles. The smallest absolute Gasteiger partial charge is 0.300 e. The Balaban J connectivity index is 1.84. The normalized spacial score (nSPS) is 36.6. The Morgan fingerprint density at radius 1 is 1.05 bits per heavy atom. The van der Waals surface area contributed by atoms with Crippen LogP contribution in [0.3, 0.4) is 0 Å². The van der Waals surface area contributed by atoms with E-state index >= 15 is 0 Å². The van der Waals surface area contributed by atoms with Gasteiger partial charge in [-0.15, -0.1) is 0 Å². The van der Waals surface area contributed by atoms with Crippen LogP contribution in [-0.4, -0.2) is 52.8 Å². The minimum Gasteiger partial charge on any atom is -0.300 e. The number of amides is 4. The van der Waals surface area contributed by atoms with Crippen LogP contribution in [-0.2, 0) is 9.59 Å². The molecule has 21 heavy (non-hydrogen) atoms. The van der Waals surface area contributed by atoms with Crippen molar-refractivity contribution in [1.82, 2.24) is 15.1 Å². The van der Waals surface area contributed by atoms with Gasteiger partial charge in [-0.05, 0) is 46.6 Å². The summed E-state index contributed by atoms with van der Waals surface area (Å²) in [6.45, 7) is 3.17. The number of fused-ring (bicyclic) bond motifs is 2. The lowest BCUT2D eigenvalue weighted by atomic mass is 9.80. The van der Waals surface area contributed by atoms with Crippen LogP contribution in [0, 0.1) is 5.41 Å². The van der Waals surface area contributed by atoms with E-state index in [1.54, 1.807) is 13.8 Å². The van der Waals surface area contributed by atoms with Gasteiger partial charge in [0.1, 0.15) is 5.41 Å². The molecule has 3 fully saturated rings. The van der Waals surface area contributed by atoms with Gasteiger partial charge in [-0.1, -0.05) is 6.42 Å². The third kappa shape index (κ3) is 2.16. The first-order valence-corrected chi connectivity index (χ1v) is 7.73. The summed E-state index contributed by atoms with van der Waals surface area (Å²) in [6.07, 6.45) is 5.09. The van der Waals surface area contributed by atoms with Crippen LogP contribution in [0.5, 0.6) is 0 Å². The van der Waals surface area contributed by atoms with Crippen LogP contribution < -0.4 is 5.32 Å². The topological polar surface area (TPSA) is 69.7 Å². The van der Waals surface area contributed by atoms with Crippen molar-refractivity contribution in [3.63, 3.8) is 0 Å². The van der Waals surface area contributed by atoms with Crippen LogP contribution in [0.25, 0.3) is 0 Å². The van der Waals surface area contributed by atoms with Gasteiger partial charge in [0, 0.05) is 18.1 Å². The SMILES string of the molecule is CN1C2CCCC1CC(N1C(=O)NC(=O)C(C)(C)C1=O)C2. The molecule has 6 nitrogen and oxygen atoms in total. The highest BCUT2D eigenvalue weighted by Gasteiger charge is 2.51. The van der Waals surface area contributed by atoms with E-state index in [0.717, 1.165) is 25.7 Å². The van der Waals surface area contributed by atoms with Gasteiger partial charge in [0.25, 0.3) is 0 Å².